The maximum absolute atomic E-state index is 14.9. The van der Waals surface area contributed by atoms with Gasteiger partial charge >= 0.3 is 24.1 Å². The zero-order chi connectivity index (χ0) is 48.4. The number of fused-ring (bicyclic) bond motifs is 5. The smallest absolute Gasteiger partial charge is 0.408 e. The van der Waals surface area contributed by atoms with Gasteiger partial charge in [-0.3, -0.25) is 9.59 Å². The van der Waals surface area contributed by atoms with Crippen LogP contribution in [0, 0.1) is 11.3 Å². The van der Waals surface area contributed by atoms with Crippen molar-refractivity contribution in [2.45, 2.75) is 131 Å². The molecule has 0 spiro atoms. The molecule has 0 radical (unpaired) electrons. The summed E-state index contributed by atoms with van der Waals surface area (Å²) in [5, 5.41) is 42.3. The fraction of sp³-hybridized carbons (Fsp3) is 0.587. The predicted molar refractivity (Wildman–Crippen MR) is 237 cm³/mol. The van der Waals surface area contributed by atoms with Crippen molar-refractivity contribution in [2.24, 2.45) is 11.3 Å². The zero-order valence-electron chi connectivity index (χ0n) is 37.4. The highest BCUT2D eigenvalue weighted by molar-refractivity contribution is 6.67. The van der Waals surface area contributed by atoms with E-state index >= 15 is 0 Å². The molecule has 20 heteroatoms. The number of aliphatic hydroxyl groups excluding tert-OH is 2. The molecule has 362 valence electrons. The van der Waals surface area contributed by atoms with E-state index in [0.717, 1.165) is 0 Å². The van der Waals surface area contributed by atoms with Gasteiger partial charge in [-0.05, 0) is 56.9 Å². The van der Waals surface area contributed by atoms with E-state index in [1.54, 1.807) is 82.3 Å². The number of hydrogen-bond acceptors (Lipinski definition) is 15. The topological polar surface area (TPSA) is 235 Å². The Morgan fingerprint density at radius 1 is 0.985 bits per heavy atom. The molecule has 4 aliphatic rings. The molecule has 5 N–H and O–H groups in total. The van der Waals surface area contributed by atoms with Crippen LogP contribution in [0.25, 0.3) is 0 Å². The molecule has 2 unspecified atom stereocenters. The number of amides is 2. The molecule has 2 aromatic carbocycles. The van der Waals surface area contributed by atoms with Crippen LogP contribution in [-0.2, 0) is 54.1 Å². The van der Waals surface area contributed by atoms with E-state index in [0.29, 0.717) is 11.1 Å². The SMILES string of the molecule is CC(=O)O[C@@]12CO[C@H]1C[C@H](O)[C@@]1(C)C(=O)[C@H](O)C3=C(C)[C@@H](OC(=O)[C@@H](OCCNC(=O)OCC(Cl)(Cl)Cl)[C@@H](NC(=O)OC(C)(C)C)c4ccccc4)C[C@](O)(C3)C(OCc3ccccc3)C12. The Morgan fingerprint density at radius 2 is 1.64 bits per heavy atom. The molecule has 11 atom stereocenters. The van der Waals surface area contributed by atoms with Crippen LogP contribution in [0.15, 0.2) is 71.8 Å². The maximum atomic E-state index is 14.9. The summed E-state index contributed by atoms with van der Waals surface area (Å²) in [7, 11) is 0. The Hall–Kier alpha value is -4.04. The number of rotatable bonds is 14. The average molecular weight is 984 g/mol. The molecule has 0 aromatic heterocycles. The molecule has 3 fully saturated rings. The number of nitrogens with one attached hydrogen (secondary N) is 2. The van der Waals surface area contributed by atoms with E-state index in [2.05, 4.69) is 10.6 Å². The van der Waals surface area contributed by atoms with Crippen LogP contribution in [0.3, 0.4) is 0 Å². The van der Waals surface area contributed by atoms with Crippen LogP contribution < -0.4 is 10.6 Å². The molecular formula is C46H57Cl3N2O15. The molecule has 2 bridgehead atoms. The van der Waals surface area contributed by atoms with E-state index in [-0.39, 0.29) is 56.8 Å². The van der Waals surface area contributed by atoms with Gasteiger partial charge in [-0.2, -0.15) is 0 Å². The molecule has 1 heterocycles. The number of aliphatic hydroxyl groups is 3. The quantitative estimate of drug-likeness (QED) is 0.0545. The molecule has 3 aliphatic carbocycles. The van der Waals surface area contributed by atoms with E-state index < -0.39 is 111 Å². The normalized spacial score (nSPS) is 30.5. The highest BCUT2D eigenvalue weighted by Crippen LogP contribution is 2.61. The van der Waals surface area contributed by atoms with E-state index in [9.17, 15) is 39.3 Å². The van der Waals surface area contributed by atoms with Gasteiger partial charge in [0.15, 0.2) is 17.5 Å². The number of esters is 2. The van der Waals surface area contributed by atoms with Gasteiger partial charge in [0.05, 0.1) is 49.1 Å². The van der Waals surface area contributed by atoms with Gasteiger partial charge in [-0.1, -0.05) is 95.5 Å². The van der Waals surface area contributed by atoms with Crippen molar-refractivity contribution in [3.8, 4) is 0 Å². The van der Waals surface area contributed by atoms with E-state index in [1.807, 2.05) is 6.07 Å². The van der Waals surface area contributed by atoms with Gasteiger partial charge in [-0.15, -0.1) is 0 Å². The lowest BCUT2D eigenvalue weighted by atomic mass is 9.48. The monoisotopic (exact) mass is 982 g/mol. The third-order valence-corrected chi connectivity index (χ3v) is 12.9. The van der Waals surface area contributed by atoms with Crippen molar-refractivity contribution < 1.29 is 72.5 Å². The van der Waals surface area contributed by atoms with E-state index in [4.69, 9.17) is 68.0 Å². The van der Waals surface area contributed by atoms with Gasteiger partial charge in [0.25, 0.3) is 0 Å². The first-order valence-corrected chi connectivity index (χ1v) is 22.6. The highest BCUT2D eigenvalue weighted by atomic mass is 35.6. The number of carbonyl (C=O) groups excluding carboxylic acids is 5. The summed E-state index contributed by atoms with van der Waals surface area (Å²) in [6.45, 7) is 7.75. The average Bonchev–Trinajstić information content (AvgIpc) is 3.23. The molecule has 66 heavy (non-hydrogen) atoms. The highest BCUT2D eigenvalue weighted by Gasteiger charge is 2.75. The summed E-state index contributed by atoms with van der Waals surface area (Å²) in [4.78, 5) is 68.4. The Balaban J connectivity index is 1.40. The number of alkyl halides is 3. The van der Waals surface area contributed by atoms with Crippen molar-refractivity contribution in [1.29, 1.82) is 0 Å². The van der Waals surface area contributed by atoms with Crippen molar-refractivity contribution >= 4 is 64.7 Å². The van der Waals surface area contributed by atoms with Gasteiger partial charge in [0, 0.05) is 38.6 Å². The lowest BCUT2D eigenvalue weighted by Crippen LogP contribution is -2.80. The van der Waals surface area contributed by atoms with Crippen LogP contribution >= 0.6 is 34.8 Å². The third-order valence-electron chi connectivity index (χ3n) is 12.6. The molecular weight excluding hydrogens is 927 g/mol. The predicted octanol–water partition coefficient (Wildman–Crippen LogP) is 5.10. The largest absolute Gasteiger partial charge is 0.456 e. The minimum absolute atomic E-state index is 0.0294. The van der Waals surface area contributed by atoms with Crippen molar-refractivity contribution in [3.05, 3.63) is 82.9 Å². The minimum atomic E-state index is -2.08. The molecule has 6 rings (SSSR count). The lowest BCUT2D eigenvalue weighted by molar-refractivity contribution is -0.346. The molecule has 2 aromatic rings. The summed E-state index contributed by atoms with van der Waals surface area (Å²) in [6, 6.07) is 16.1. The van der Waals surface area contributed by atoms with Gasteiger partial charge in [0.1, 0.15) is 30.5 Å². The first kappa shape index (κ1) is 51.4. The Morgan fingerprint density at radius 3 is 2.23 bits per heavy atom. The number of ketones is 1. The number of hydrogen-bond donors (Lipinski definition) is 5. The summed E-state index contributed by atoms with van der Waals surface area (Å²) >= 11 is 17.1. The maximum Gasteiger partial charge on any atom is 0.408 e. The van der Waals surface area contributed by atoms with Crippen molar-refractivity contribution in [3.63, 3.8) is 0 Å². The Labute approximate surface area is 397 Å². The number of benzene rings is 2. The molecule has 1 saturated heterocycles. The third kappa shape index (κ3) is 11.3. The van der Waals surface area contributed by atoms with Crippen molar-refractivity contribution in [2.75, 3.05) is 26.4 Å². The summed E-state index contributed by atoms with van der Waals surface area (Å²) in [5.41, 5.74) is -5.12. The molecule has 2 amide bonds. The standard InChI is InChI=1S/C46H57Cl3N2O15/c1-25-29-20-44(59,38(61-22-27-13-9-7-10-14-27)36-43(6,37(55)34(29)54)31(53)19-32-45(36,23-62-32)65-26(2)52)21-30(25)64-39(56)35(60-18-17-50-40(57)63-24-46(47,48)49)33(28-15-11-8-12-16-28)51-41(58)66-42(3,4)5/h7-16,30-36,38,53-54,59H,17-24H2,1-6H3,(H,50,57)(H,51,58)/t30-,31-,32-,33-,34+,35-,36?,38?,43+,44+,45-/m0/s1. The van der Waals surface area contributed by atoms with Crippen LogP contribution in [0.5, 0.6) is 0 Å². The number of halogens is 3. The fourth-order valence-electron chi connectivity index (χ4n) is 9.53. The summed E-state index contributed by atoms with van der Waals surface area (Å²) in [6.07, 6.45) is -11.4. The molecule has 1 aliphatic heterocycles. The second-order valence-electron chi connectivity index (χ2n) is 18.4. The fourth-order valence-corrected chi connectivity index (χ4v) is 9.69. The number of Topliss-reactive ketones (excluding diaryl/α,β-unsaturated/α-hetero) is 1. The summed E-state index contributed by atoms with van der Waals surface area (Å²) in [5.74, 6) is -3.88. The second-order valence-corrected chi connectivity index (χ2v) is 20.9. The van der Waals surface area contributed by atoms with Gasteiger partial charge in [0.2, 0.25) is 3.79 Å². The minimum Gasteiger partial charge on any atom is -0.456 e. The van der Waals surface area contributed by atoms with Crippen LogP contribution in [0.1, 0.15) is 78.0 Å². The summed E-state index contributed by atoms with van der Waals surface area (Å²) < 4.78 is 39.6. The molecule has 17 nitrogen and oxygen atoms in total. The Bertz CT molecular complexity index is 2140. The zero-order valence-corrected chi connectivity index (χ0v) is 39.7. The van der Waals surface area contributed by atoms with Crippen molar-refractivity contribution in [1.82, 2.24) is 10.6 Å². The van der Waals surface area contributed by atoms with Gasteiger partial charge in [-0.25, -0.2) is 14.4 Å². The van der Waals surface area contributed by atoms with Crippen LogP contribution in [0.4, 0.5) is 9.59 Å². The van der Waals surface area contributed by atoms with Crippen LogP contribution in [0.2, 0.25) is 0 Å². The second kappa shape index (κ2) is 20.3. The van der Waals surface area contributed by atoms with E-state index in [1.165, 1.54) is 13.8 Å². The van der Waals surface area contributed by atoms with Gasteiger partial charge < -0.3 is 59.1 Å². The first-order chi connectivity index (χ1) is 30.9. The number of carbonyl (C=O) groups is 5. The Kier molecular flexibility index (Phi) is 15.8. The molecule has 2 saturated carbocycles. The number of ether oxygens (including phenoxy) is 7. The number of alkyl carbamates (subject to hydrolysis) is 2. The van der Waals surface area contributed by atoms with Crippen LogP contribution in [-0.4, -0.2) is 129 Å². The first-order valence-electron chi connectivity index (χ1n) is 21.5. The lowest BCUT2D eigenvalue weighted by Gasteiger charge is -2.65.